The fraction of sp³-hybridized carbons (Fsp3) is 0.850. The zero-order valence-electron chi connectivity index (χ0n) is 18.5. The first kappa shape index (κ1) is 24.4. The fourth-order valence-corrected chi connectivity index (χ4v) is 4.63. The van der Waals surface area contributed by atoms with E-state index in [4.69, 9.17) is 5.11 Å². The molecule has 3 amide bonds. The van der Waals surface area contributed by atoms with E-state index in [2.05, 4.69) is 21.3 Å². The first-order valence-corrected chi connectivity index (χ1v) is 10.7. The summed E-state index contributed by atoms with van der Waals surface area (Å²) in [6.45, 7) is 8.69. The van der Waals surface area contributed by atoms with Gasteiger partial charge >= 0.3 is 6.09 Å². The van der Waals surface area contributed by atoms with Gasteiger partial charge in [0.05, 0.1) is 6.04 Å². The smallest absolute Gasteiger partial charge is 0.404 e. The summed E-state index contributed by atoms with van der Waals surface area (Å²) in [7, 11) is 0. The number of carbonyl (C=O) groups is 3. The number of nitrogens with zero attached hydrogens (tertiary/aromatic N) is 1. The minimum atomic E-state index is -1.12. The molecule has 2 heterocycles. The Morgan fingerprint density at radius 2 is 1.80 bits per heavy atom. The van der Waals surface area contributed by atoms with Crippen LogP contribution in [0.15, 0.2) is 0 Å². The van der Waals surface area contributed by atoms with Gasteiger partial charge in [0.1, 0.15) is 6.04 Å². The van der Waals surface area contributed by atoms with Crippen LogP contribution in [0.1, 0.15) is 66.2 Å². The van der Waals surface area contributed by atoms with Gasteiger partial charge in [-0.3, -0.25) is 9.59 Å². The van der Waals surface area contributed by atoms with Crippen molar-refractivity contribution in [2.45, 2.75) is 95.4 Å². The van der Waals surface area contributed by atoms with Crippen LogP contribution in [0, 0.1) is 0 Å². The molecule has 2 atom stereocenters. The van der Waals surface area contributed by atoms with Crippen LogP contribution < -0.4 is 21.3 Å². The van der Waals surface area contributed by atoms with E-state index in [1.54, 1.807) is 0 Å². The largest absolute Gasteiger partial charge is 0.465 e. The highest BCUT2D eigenvalue weighted by Crippen LogP contribution is 2.36. The highest BCUT2D eigenvalue weighted by atomic mass is 16.5. The highest BCUT2D eigenvalue weighted by Gasteiger charge is 2.45. The lowest BCUT2D eigenvalue weighted by Gasteiger charge is -2.51. The lowest BCUT2D eigenvalue weighted by molar-refractivity contribution is -0.246. The quantitative estimate of drug-likeness (QED) is 0.314. The van der Waals surface area contributed by atoms with Crippen molar-refractivity contribution in [3.05, 3.63) is 0 Å². The van der Waals surface area contributed by atoms with E-state index in [0.29, 0.717) is 25.7 Å². The van der Waals surface area contributed by atoms with Crippen LogP contribution in [0.5, 0.6) is 0 Å². The molecule has 2 rings (SSSR count). The van der Waals surface area contributed by atoms with E-state index in [1.165, 1.54) is 5.06 Å². The normalized spacial score (nSPS) is 24.8. The van der Waals surface area contributed by atoms with Gasteiger partial charge in [-0.25, -0.2) is 4.79 Å². The van der Waals surface area contributed by atoms with Gasteiger partial charge in [-0.05, 0) is 72.8 Å². The van der Waals surface area contributed by atoms with Gasteiger partial charge < -0.3 is 31.6 Å². The molecule has 0 aromatic rings. The number of rotatable bonds is 8. The number of carboxylic acid groups (broad SMARTS) is 1. The van der Waals surface area contributed by atoms with Crippen molar-refractivity contribution >= 4 is 17.9 Å². The second-order valence-corrected chi connectivity index (χ2v) is 9.63. The summed E-state index contributed by atoms with van der Waals surface area (Å²) in [6, 6.07) is -1.19. The average molecular weight is 428 g/mol. The lowest BCUT2D eigenvalue weighted by Crippen LogP contribution is -2.64. The Bertz CT molecular complexity index is 615. The topological polar surface area (TPSA) is 143 Å². The van der Waals surface area contributed by atoms with Crippen LogP contribution in [0.2, 0.25) is 0 Å². The van der Waals surface area contributed by atoms with Crippen molar-refractivity contribution in [1.82, 2.24) is 26.3 Å². The third-order valence-electron chi connectivity index (χ3n) is 5.94. The number of amides is 3. The van der Waals surface area contributed by atoms with Gasteiger partial charge in [-0.15, -0.1) is 0 Å². The predicted molar refractivity (Wildman–Crippen MR) is 111 cm³/mol. The molecule has 2 aliphatic rings. The van der Waals surface area contributed by atoms with Gasteiger partial charge in [0, 0.05) is 23.7 Å². The Hall–Kier alpha value is -1.91. The maximum atomic E-state index is 13.0. The van der Waals surface area contributed by atoms with Crippen molar-refractivity contribution in [2.24, 2.45) is 0 Å². The monoisotopic (exact) mass is 427 g/mol. The molecule has 0 aromatic carbocycles. The standard InChI is InChI=1S/C20H37N5O5/c1-19(2)11-13(12-20(3,4)25(19)30)23-17(27)15(8-6-10-22-18(28)29)24-16(26)14-7-5-9-21-14/h13-15,21-22,30H,5-12H2,1-4H3,(H,23,27)(H,24,26)(H,28,29)/t14-,15-/m0/s1. The molecule has 0 unspecified atom stereocenters. The summed E-state index contributed by atoms with van der Waals surface area (Å²) in [5.74, 6) is -0.482. The summed E-state index contributed by atoms with van der Waals surface area (Å²) in [5.41, 5.74) is -1.00. The molecule has 0 saturated carbocycles. The minimum Gasteiger partial charge on any atom is -0.465 e. The maximum absolute atomic E-state index is 13.0. The number of nitrogens with one attached hydrogen (secondary N) is 4. The molecule has 10 heteroatoms. The Balaban J connectivity index is 2.01. The van der Waals surface area contributed by atoms with Crippen LogP contribution in [0.3, 0.4) is 0 Å². The van der Waals surface area contributed by atoms with Gasteiger partial charge in [-0.1, -0.05) is 0 Å². The third kappa shape index (κ3) is 6.55. The number of hydrogen-bond donors (Lipinski definition) is 6. The van der Waals surface area contributed by atoms with Crippen LogP contribution in [-0.4, -0.2) is 75.6 Å². The van der Waals surface area contributed by atoms with Crippen LogP contribution in [-0.2, 0) is 9.59 Å². The molecule has 2 fully saturated rings. The Morgan fingerprint density at radius 1 is 1.17 bits per heavy atom. The highest BCUT2D eigenvalue weighted by molar-refractivity contribution is 5.90. The number of hydrogen-bond acceptors (Lipinski definition) is 6. The lowest BCUT2D eigenvalue weighted by atomic mass is 9.79. The average Bonchev–Trinajstić information content (AvgIpc) is 3.16. The van der Waals surface area contributed by atoms with Gasteiger partial charge in [0.25, 0.3) is 0 Å². The first-order chi connectivity index (χ1) is 13.9. The zero-order chi connectivity index (χ0) is 22.5. The summed E-state index contributed by atoms with van der Waals surface area (Å²) in [5, 5.41) is 31.8. The molecular formula is C20H37N5O5. The number of carbonyl (C=O) groups excluding carboxylic acids is 2. The molecule has 0 bridgehead atoms. The molecular weight excluding hydrogens is 390 g/mol. The molecule has 30 heavy (non-hydrogen) atoms. The Labute approximate surface area is 178 Å². The third-order valence-corrected chi connectivity index (χ3v) is 5.94. The van der Waals surface area contributed by atoms with Crippen molar-refractivity contribution in [3.63, 3.8) is 0 Å². The summed E-state index contributed by atoms with van der Waals surface area (Å²) < 4.78 is 0. The molecule has 2 saturated heterocycles. The van der Waals surface area contributed by atoms with Crippen molar-refractivity contribution < 1.29 is 24.7 Å². The van der Waals surface area contributed by atoms with Crippen LogP contribution in [0.4, 0.5) is 4.79 Å². The van der Waals surface area contributed by atoms with Crippen molar-refractivity contribution in [2.75, 3.05) is 13.1 Å². The Kier molecular flexibility index (Phi) is 8.06. The second kappa shape index (κ2) is 9.93. The zero-order valence-corrected chi connectivity index (χ0v) is 18.5. The minimum absolute atomic E-state index is 0.146. The molecule has 6 N–H and O–H groups in total. The Morgan fingerprint density at radius 3 is 2.33 bits per heavy atom. The maximum Gasteiger partial charge on any atom is 0.404 e. The van der Waals surface area contributed by atoms with E-state index in [0.717, 1.165) is 19.4 Å². The summed E-state index contributed by atoms with van der Waals surface area (Å²) >= 11 is 0. The van der Waals surface area contributed by atoms with Crippen LogP contribution >= 0.6 is 0 Å². The molecule has 2 aliphatic heterocycles. The van der Waals surface area contributed by atoms with Gasteiger partial charge in [-0.2, -0.15) is 5.06 Å². The number of piperidine rings is 1. The van der Waals surface area contributed by atoms with Gasteiger partial charge in [0.2, 0.25) is 11.8 Å². The molecule has 172 valence electrons. The van der Waals surface area contributed by atoms with Crippen LogP contribution in [0.25, 0.3) is 0 Å². The molecule has 0 aliphatic carbocycles. The first-order valence-electron chi connectivity index (χ1n) is 10.7. The molecule has 0 radical (unpaired) electrons. The van der Waals surface area contributed by atoms with E-state index in [-0.39, 0.29) is 30.4 Å². The van der Waals surface area contributed by atoms with Crippen molar-refractivity contribution in [3.8, 4) is 0 Å². The van der Waals surface area contributed by atoms with E-state index in [1.807, 2.05) is 27.7 Å². The van der Waals surface area contributed by atoms with Gasteiger partial charge in [0.15, 0.2) is 0 Å². The fourth-order valence-electron chi connectivity index (χ4n) is 4.63. The van der Waals surface area contributed by atoms with E-state index < -0.39 is 23.2 Å². The second-order valence-electron chi connectivity index (χ2n) is 9.63. The summed E-state index contributed by atoms with van der Waals surface area (Å²) in [4.78, 5) is 36.2. The molecule has 0 spiro atoms. The predicted octanol–water partition coefficient (Wildman–Crippen LogP) is 0.798. The molecule has 0 aromatic heterocycles. The number of hydroxylamine groups is 2. The van der Waals surface area contributed by atoms with E-state index >= 15 is 0 Å². The summed E-state index contributed by atoms with van der Waals surface area (Å²) in [6.07, 6.45) is 2.44. The van der Waals surface area contributed by atoms with Crippen molar-refractivity contribution in [1.29, 1.82) is 0 Å². The SMILES string of the molecule is CC1(C)CC(NC(=O)[C@H](CCCNC(=O)O)NC(=O)[C@@H]2CCCN2)CC(C)(C)N1O. The van der Waals surface area contributed by atoms with E-state index in [9.17, 15) is 19.6 Å². The molecule has 10 nitrogen and oxygen atoms in total.